The lowest BCUT2D eigenvalue weighted by Gasteiger charge is -2.32. The van der Waals surface area contributed by atoms with E-state index in [4.69, 9.17) is 0 Å². The van der Waals surface area contributed by atoms with E-state index in [-0.39, 0.29) is 36.7 Å². The van der Waals surface area contributed by atoms with Gasteiger partial charge in [0.25, 0.3) is 0 Å². The van der Waals surface area contributed by atoms with Crippen LogP contribution < -0.4 is 5.32 Å². The van der Waals surface area contributed by atoms with Gasteiger partial charge in [-0.15, -0.1) is 12.4 Å². The lowest BCUT2D eigenvalue weighted by molar-refractivity contribution is -0.132. The number of aryl methyl sites for hydroxylation is 1. The highest BCUT2D eigenvalue weighted by atomic mass is 35.5. The Morgan fingerprint density at radius 2 is 2.18 bits per heavy atom. The van der Waals surface area contributed by atoms with Crippen LogP contribution in [0.15, 0.2) is 18.2 Å². The second kappa shape index (κ2) is 9.06. The Hall–Kier alpha value is -1.20. The number of carbonyl (C=O) groups is 1. The van der Waals surface area contributed by atoms with Crippen molar-refractivity contribution >= 4 is 18.3 Å². The van der Waals surface area contributed by atoms with Crippen molar-refractivity contribution in [1.82, 2.24) is 10.2 Å². The van der Waals surface area contributed by atoms with Crippen molar-refractivity contribution in [2.24, 2.45) is 5.92 Å². The lowest BCUT2D eigenvalue weighted by atomic mass is 9.97. The van der Waals surface area contributed by atoms with Crippen LogP contribution in [0.4, 0.5) is 8.78 Å². The SMILES string of the molecule is CNCC1CCCN(C(=O)CCc2cc(F)ccc2F)C1.Cl. The minimum atomic E-state index is -0.467. The van der Waals surface area contributed by atoms with E-state index in [1.54, 1.807) is 0 Å². The van der Waals surface area contributed by atoms with Gasteiger partial charge < -0.3 is 10.2 Å². The molecular weight excluding hydrogens is 310 g/mol. The molecule has 0 radical (unpaired) electrons. The number of nitrogens with zero attached hydrogens (tertiary/aromatic N) is 1. The van der Waals surface area contributed by atoms with Gasteiger partial charge in [-0.2, -0.15) is 0 Å². The molecule has 1 aliphatic rings. The van der Waals surface area contributed by atoms with Crippen molar-refractivity contribution in [1.29, 1.82) is 0 Å². The van der Waals surface area contributed by atoms with Gasteiger partial charge in [0.1, 0.15) is 11.6 Å². The first-order valence-electron chi connectivity index (χ1n) is 7.46. The second-order valence-electron chi connectivity index (χ2n) is 5.64. The number of hydrogen-bond donors (Lipinski definition) is 1. The van der Waals surface area contributed by atoms with Crippen molar-refractivity contribution in [2.45, 2.75) is 25.7 Å². The fraction of sp³-hybridized carbons (Fsp3) is 0.562. The predicted octanol–water partition coefficient (Wildman–Crippen LogP) is 2.78. The molecule has 1 aliphatic heterocycles. The normalized spacial score (nSPS) is 18.0. The fourth-order valence-corrected chi connectivity index (χ4v) is 2.88. The van der Waals surface area contributed by atoms with Crippen LogP contribution in [-0.2, 0) is 11.2 Å². The monoisotopic (exact) mass is 332 g/mol. The Kier molecular flexibility index (Phi) is 7.76. The fourth-order valence-electron chi connectivity index (χ4n) is 2.88. The Morgan fingerprint density at radius 1 is 1.41 bits per heavy atom. The van der Waals surface area contributed by atoms with Crippen LogP contribution in [0.2, 0.25) is 0 Å². The van der Waals surface area contributed by atoms with E-state index in [0.29, 0.717) is 5.92 Å². The highest BCUT2D eigenvalue weighted by molar-refractivity contribution is 5.85. The number of amides is 1. The molecular formula is C16H23ClF2N2O. The molecule has 1 heterocycles. The Labute approximate surface area is 136 Å². The lowest BCUT2D eigenvalue weighted by Crippen LogP contribution is -2.42. The quantitative estimate of drug-likeness (QED) is 0.899. The Bertz CT molecular complexity index is 497. The molecule has 6 heteroatoms. The maximum Gasteiger partial charge on any atom is 0.222 e. The summed E-state index contributed by atoms with van der Waals surface area (Å²) in [6.07, 6.45) is 2.61. The van der Waals surface area contributed by atoms with E-state index in [1.807, 2.05) is 11.9 Å². The second-order valence-corrected chi connectivity index (χ2v) is 5.64. The third-order valence-electron chi connectivity index (χ3n) is 3.98. The van der Waals surface area contributed by atoms with Gasteiger partial charge in [-0.3, -0.25) is 4.79 Å². The zero-order chi connectivity index (χ0) is 15.2. The molecule has 1 aromatic carbocycles. The number of nitrogens with one attached hydrogen (secondary N) is 1. The van der Waals surface area contributed by atoms with Gasteiger partial charge in [0, 0.05) is 19.5 Å². The average Bonchev–Trinajstić information content (AvgIpc) is 2.48. The van der Waals surface area contributed by atoms with Crippen molar-refractivity contribution in [2.75, 3.05) is 26.7 Å². The van der Waals surface area contributed by atoms with Gasteiger partial charge in [-0.25, -0.2) is 8.78 Å². The molecule has 3 nitrogen and oxygen atoms in total. The Morgan fingerprint density at radius 3 is 2.91 bits per heavy atom. The Balaban J connectivity index is 0.00000242. The molecule has 1 aromatic rings. The van der Waals surface area contributed by atoms with Gasteiger partial charge in [-0.1, -0.05) is 0 Å². The molecule has 0 aromatic heterocycles. The average molecular weight is 333 g/mol. The molecule has 0 aliphatic carbocycles. The topological polar surface area (TPSA) is 32.3 Å². The third kappa shape index (κ3) is 5.21. The number of benzene rings is 1. The number of carbonyl (C=O) groups excluding carboxylic acids is 1. The first-order chi connectivity index (χ1) is 10.1. The van der Waals surface area contributed by atoms with E-state index in [1.165, 1.54) is 6.07 Å². The molecule has 1 N–H and O–H groups in total. The minimum Gasteiger partial charge on any atom is -0.342 e. The molecule has 2 rings (SSSR count). The molecule has 1 saturated heterocycles. The van der Waals surface area contributed by atoms with Gasteiger partial charge in [0.2, 0.25) is 5.91 Å². The number of hydrogen-bond acceptors (Lipinski definition) is 2. The summed E-state index contributed by atoms with van der Waals surface area (Å²) < 4.78 is 26.6. The molecule has 1 unspecified atom stereocenters. The summed E-state index contributed by atoms with van der Waals surface area (Å²) in [5.41, 5.74) is 0.270. The number of piperidine rings is 1. The predicted molar refractivity (Wildman–Crippen MR) is 85.2 cm³/mol. The maximum atomic E-state index is 13.5. The highest BCUT2D eigenvalue weighted by Gasteiger charge is 2.23. The summed E-state index contributed by atoms with van der Waals surface area (Å²) in [6.45, 7) is 2.43. The molecule has 0 spiro atoms. The largest absolute Gasteiger partial charge is 0.342 e. The molecule has 1 atom stereocenters. The van der Waals surface area contributed by atoms with Gasteiger partial charge in [0.15, 0.2) is 0 Å². The van der Waals surface area contributed by atoms with Gasteiger partial charge in [0.05, 0.1) is 0 Å². The van der Waals surface area contributed by atoms with Crippen LogP contribution in [0.5, 0.6) is 0 Å². The van der Waals surface area contributed by atoms with Crippen LogP contribution in [0.25, 0.3) is 0 Å². The zero-order valence-electron chi connectivity index (χ0n) is 12.8. The van der Waals surface area contributed by atoms with Gasteiger partial charge >= 0.3 is 0 Å². The highest BCUT2D eigenvalue weighted by Crippen LogP contribution is 2.18. The smallest absolute Gasteiger partial charge is 0.222 e. The third-order valence-corrected chi connectivity index (χ3v) is 3.98. The van der Waals surface area contributed by atoms with E-state index in [0.717, 1.165) is 44.6 Å². The van der Waals surface area contributed by atoms with E-state index >= 15 is 0 Å². The van der Waals surface area contributed by atoms with E-state index < -0.39 is 11.6 Å². The number of likely N-dealkylation sites (tertiary alicyclic amines) is 1. The van der Waals surface area contributed by atoms with Crippen LogP contribution in [0, 0.1) is 17.6 Å². The van der Waals surface area contributed by atoms with E-state index in [2.05, 4.69) is 5.32 Å². The van der Waals surface area contributed by atoms with Crippen LogP contribution >= 0.6 is 12.4 Å². The first-order valence-corrected chi connectivity index (χ1v) is 7.46. The molecule has 0 saturated carbocycles. The number of rotatable bonds is 5. The number of halogens is 3. The van der Waals surface area contributed by atoms with Crippen molar-refractivity contribution < 1.29 is 13.6 Å². The summed E-state index contributed by atoms with van der Waals surface area (Å²) in [6, 6.07) is 3.37. The zero-order valence-corrected chi connectivity index (χ0v) is 13.6. The molecule has 124 valence electrons. The first kappa shape index (κ1) is 18.8. The summed E-state index contributed by atoms with van der Waals surface area (Å²) in [5, 5.41) is 3.14. The molecule has 1 fully saturated rings. The molecule has 0 bridgehead atoms. The van der Waals surface area contributed by atoms with E-state index in [9.17, 15) is 13.6 Å². The summed E-state index contributed by atoms with van der Waals surface area (Å²) in [4.78, 5) is 14.1. The summed E-state index contributed by atoms with van der Waals surface area (Å²) in [5.74, 6) is -0.403. The van der Waals surface area contributed by atoms with Crippen LogP contribution in [-0.4, -0.2) is 37.5 Å². The van der Waals surface area contributed by atoms with Crippen LogP contribution in [0.3, 0.4) is 0 Å². The van der Waals surface area contributed by atoms with Crippen molar-refractivity contribution in [3.63, 3.8) is 0 Å². The van der Waals surface area contributed by atoms with Crippen LogP contribution in [0.1, 0.15) is 24.8 Å². The molecule has 22 heavy (non-hydrogen) atoms. The summed E-state index contributed by atoms with van der Waals surface area (Å²) in [7, 11) is 1.91. The van der Waals surface area contributed by atoms with Crippen molar-refractivity contribution in [3.8, 4) is 0 Å². The maximum absolute atomic E-state index is 13.5. The standard InChI is InChI=1S/C16H22F2N2O.ClH/c1-19-10-12-3-2-8-20(11-12)16(21)7-4-13-9-14(17)5-6-15(13)18;/h5-6,9,12,19H,2-4,7-8,10-11H2,1H3;1H. The molecule has 1 amide bonds. The minimum absolute atomic E-state index is 0. The summed E-state index contributed by atoms with van der Waals surface area (Å²) >= 11 is 0. The van der Waals surface area contributed by atoms with Gasteiger partial charge in [-0.05, 0) is 62.5 Å². The van der Waals surface area contributed by atoms with Crippen molar-refractivity contribution in [3.05, 3.63) is 35.4 Å².